The molecule has 2 rings (SSSR count). The van der Waals surface area contributed by atoms with Crippen molar-refractivity contribution < 1.29 is 14.5 Å². The van der Waals surface area contributed by atoms with E-state index in [0.29, 0.717) is 10.1 Å². The molecule has 8 nitrogen and oxygen atoms in total. The molecular formula is C12H12N4O4S2. The highest BCUT2D eigenvalue weighted by Gasteiger charge is 2.19. The summed E-state index contributed by atoms with van der Waals surface area (Å²) in [5.74, 6) is 0.0473. The van der Waals surface area contributed by atoms with Crippen LogP contribution in [0.25, 0.3) is 0 Å². The second kappa shape index (κ2) is 7.18. The van der Waals surface area contributed by atoms with Crippen LogP contribution in [-0.2, 0) is 4.79 Å². The molecule has 10 heteroatoms. The van der Waals surface area contributed by atoms with Gasteiger partial charge in [-0.25, -0.2) is 0 Å². The number of amides is 1. The normalized spacial score (nSPS) is 11.7. The Morgan fingerprint density at radius 1 is 1.55 bits per heavy atom. The second-order valence-corrected chi connectivity index (χ2v) is 6.52. The molecule has 2 aromatic rings. The van der Waals surface area contributed by atoms with Crippen LogP contribution >= 0.6 is 23.1 Å². The number of non-ortho nitro benzene ring substituents is 1. The fourth-order valence-corrected chi connectivity index (χ4v) is 3.19. The van der Waals surface area contributed by atoms with E-state index in [-0.39, 0.29) is 17.3 Å². The highest BCUT2D eigenvalue weighted by Crippen LogP contribution is 2.30. The molecule has 0 radical (unpaired) electrons. The highest BCUT2D eigenvalue weighted by molar-refractivity contribution is 8.02. The Kier molecular flexibility index (Phi) is 5.28. The number of nitrogens with one attached hydrogen (secondary N) is 1. The smallest absolute Gasteiger partial charge is 0.271 e. The molecule has 0 saturated heterocycles. The number of anilines is 1. The number of hydrogen-bond donors (Lipinski definition) is 1. The number of nitro benzene ring substituents is 1. The lowest BCUT2D eigenvalue weighted by Crippen LogP contribution is -2.22. The molecule has 0 bridgehead atoms. The zero-order valence-corrected chi connectivity index (χ0v) is 13.3. The molecule has 1 heterocycles. The minimum Gasteiger partial charge on any atom is -0.495 e. The number of carbonyl (C=O) groups is 1. The molecule has 0 unspecified atom stereocenters. The molecule has 22 heavy (non-hydrogen) atoms. The van der Waals surface area contributed by atoms with E-state index in [0.717, 1.165) is 0 Å². The first kappa shape index (κ1) is 16.2. The van der Waals surface area contributed by atoms with Gasteiger partial charge in [0.05, 0.1) is 23.0 Å². The van der Waals surface area contributed by atoms with Crippen molar-refractivity contribution in [2.75, 3.05) is 12.4 Å². The van der Waals surface area contributed by atoms with Crippen molar-refractivity contribution in [3.05, 3.63) is 33.8 Å². The fourth-order valence-electron chi connectivity index (χ4n) is 1.56. The van der Waals surface area contributed by atoms with Gasteiger partial charge in [-0.1, -0.05) is 23.1 Å². The Morgan fingerprint density at radius 2 is 2.32 bits per heavy atom. The van der Waals surface area contributed by atoms with Crippen LogP contribution in [0.15, 0.2) is 28.0 Å². The van der Waals surface area contributed by atoms with Crippen molar-refractivity contribution in [1.82, 2.24) is 10.2 Å². The molecule has 1 amide bonds. The molecule has 0 spiro atoms. The minimum absolute atomic E-state index is 0.125. The van der Waals surface area contributed by atoms with Crippen LogP contribution < -0.4 is 10.1 Å². The average Bonchev–Trinajstić information content (AvgIpc) is 2.99. The van der Waals surface area contributed by atoms with Crippen LogP contribution in [-0.4, -0.2) is 33.4 Å². The number of carbonyl (C=O) groups excluding carboxylic acids is 1. The number of rotatable bonds is 6. The molecule has 0 saturated carbocycles. The topological polar surface area (TPSA) is 107 Å². The summed E-state index contributed by atoms with van der Waals surface area (Å²) in [6.07, 6.45) is 0. The standard InChI is InChI=1S/C12H12N4O4S2/c1-7(22-12-15-13-6-21-12)11(17)14-9-5-8(16(18)19)3-4-10(9)20-2/h3-7H,1-2H3,(H,14,17)/t7-/m1/s1. The Labute approximate surface area is 134 Å². The summed E-state index contributed by atoms with van der Waals surface area (Å²) in [6, 6.07) is 4.02. The van der Waals surface area contributed by atoms with Gasteiger partial charge >= 0.3 is 0 Å². The predicted molar refractivity (Wildman–Crippen MR) is 83.5 cm³/mol. The first-order valence-electron chi connectivity index (χ1n) is 6.07. The van der Waals surface area contributed by atoms with Gasteiger partial charge in [0.1, 0.15) is 11.3 Å². The lowest BCUT2D eigenvalue weighted by atomic mass is 10.2. The van der Waals surface area contributed by atoms with E-state index in [4.69, 9.17) is 4.74 Å². The Hall–Kier alpha value is -2.20. The van der Waals surface area contributed by atoms with Gasteiger partial charge in [0.25, 0.3) is 5.69 Å². The van der Waals surface area contributed by atoms with Crippen LogP contribution in [0.1, 0.15) is 6.92 Å². The number of hydrogen-bond acceptors (Lipinski definition) is 8. The first-order valence-corrected chi connectivity index (χ1v) is 7.83. The summed E-state index contributed by atoms with van der Waals surface area (Å²) >= 11 is 2.60. The van der Waals surface area contributed by atoms with Crippen LogP contribution in [0.4, 0.5) is 11.4 Å². The summed E-state index contributed by atoms with van der Waals surface area (Å²) in [6.45, 7) is 1.71. The predicted octanol–water partition coefficient (Wildman–Crippen LogP) is 2.57. The molecule has 0 aliphatic heterocycles. The summed E-state index contributed by atoms with van der Waals surface area (Å²) in [5.41, 5.74) is 1.71. The molecule has 1 atom stereocenters. The maximum absolute atomic E-state index is 12.2. The van der Waals surface area contributed by atoms with Crippen molar-refractivity contribution in [3.63, 3.8) is 0 Å². The monoisotopic (exact) mass is 340 g/mol. The summed E-state index contributed by atoms with van der Waals surface area (Å²) in [7, 11) is 1.43. The van der Waals surface area contributed by atoms with Crippen molar-refractivity contribution in [3.8, 4) is 5.75 Å². The quantitative estimate of drug-likeness (QED) is 0.489. The summed E-state index contributed by atoms with van der Waals surface area (Å²) in [5, 5.41) is 20.6. The summed E-state index contributed by atoms with van der Waals surface area (Å²) in [4.78, 5) is 22.5. The van der Waals surface area contributed by atoms with Crippen LogP contribution in [0.5, 0.6) is 5.75 Å². The first-order chi connectivity index (χ1) is 10.5. The Bertz CT molecular complexity index is 678. The largest absolute Gasteiger partial charge is 0.495 e. The lowest BCUT2D eigenvalue weighted by molar-refractivity contribution is -0.384. The van der Waals surface area contributed by atoms with Gasteiger partial charge in [-0.2, -0.15) is 0 Å². The van der Waals surface area contributed by atoms with E-state index in [1.54, 1.807) is 12.4 Å². The van der Waals surface area contributed by atoms with Gasteiger partial charge in [-0.05, 0) is 13.0 Å². The number of benzene rings is 1. The van der Waals surface area contributed by atoms with Crippen molar-refractivity contribution in [2.45, 2.75) is 16.5 Å². The zero-order chi connectivity index (χ0) is 16.1. The third kappa shape index (κ3) is 3.92. The average molecular weight is 340 g/mol. The summed E-state index contributed by atoms with van der Waals surface area (Å²) < 4.78 is 5.78. The van der Waals surface area contributed by atoms with E-state index < -0.39 is 10.2 Å². The van der Waals surface area contributed by atoms with Gasteiger partial charge in [0.2, 0.25) is 5.91 Å². The fraction of sp³-hybridized carbons (Fsp3) is 0.250. The molecular weight excluding hydrogens is 328 g/mol. The highest BCUT2D eigenvalue weighted by atomic mass is 32.2. The van der Waals surface area contributed by atoms with E-state index in [1.807, 2.05) is 0 Å². The van der Waals surface area contributed by atoms with Gasteiger partial charge in [0, 0.05) is 12.1 Å². The Balaban J connectivity index is 2.12. The molecule has 1 aromatic carbocycles. The number of thioether (sulfide) groups is 1. The molecule has 0 aliphatic rings. The molecule has 1 N–H and O–H groups in total. The van der Waals surface area contributed by atoms with Crippen LogP contribution in [0.3, 0.4) is 0 Å². The minimum atomic E-state index is -0.533. The van der Waals surface area contributed by atoms with E-state index in [1.165, 1.54) is 48.4 Å². The molecule has 1 aromatic heterocycles. The molecule has 0 aliphatic carbocycles. The maximum atomic E-state index is 12.2. The van der Waals surface area contributed by atoms with Gasteiger partial charge in [-0.15, -0.1) is 10.2 Å². The van der Waals surface area contributed by atoms with E-state index in [9.17, 15) is 14.9 Å². The van der Waals surface area contributed by atoms with Crippen molar-refractivity contribution in [2.24, 2.45) is 0 Å². The zero-order valence-electron chi connectivity index (χ0n) is 11.7. The van der Waals surface area contributed by atoms with Crippen molar-refractivity contribution in [1.29, 1.82) is 0 Å². The third-order valence-electron chi connectivity index (χ3n) is 2.64. The van der Waals surface area contributed by atoms with Crippen molar-refractivity contribution >= 4 is 40.4 Å². The Morgan fingerprint density at radius 3 is 2.91 bits per heavy atom. The number of methoxy groups -OCH3 is 1. The van der Waals surface area contributed by atoms with Crippen LogP contribution in [0, 0.1) is 10.1 Å². The van der Waals surface area contributed by atoms with Gasteiger partial charge < -0.3 is 10.1 Å². The number of aromatic nitrogens is 2. The van der Waals surface area contributed by atoms with E-state index in [2.05, 4.69) is 15.5 Å². The lowest BCUT2D eigenvalue weighted by Gasteiger charge is -2.13. The number of ether oxygens (including phenoxy) is 1. The molecule has 116 valence electrons. The SMILES string of the molecule is COc1ccc([N+](=O)[O-])cc1NC(=O)[C@@H](C)Sc1nncs1. The molecule has 0 fully saturated rings. The number of nitro groups is 1. The van der Waals surface area contributed by atoms with Gasteiger partial charge in [0.15, 0.2) is 4.34 Å². The van der Waals surface area contributed by atoms with Crippen LogP contribution in [0.2, 0.25) is 0 Å². The second-order valence-electron chi connectivity index (χ2n) is 4.10. The maximum Gasteiger partial charge on any atom is 0.271 e. The number of nitrogens with zero attached hydrogens (tertiary/aromatic N) is 3. The van der Waals surface area contributed by atoms with E-state index >= 15 is 0 Å². The third-order valence-corrected chi connectivity index (χ3v) is 4.55. The van der Waals surface area contributed by atoms with Gasteiger partial charge in [-0.3, -0.25) is 14.9 Å².